The lowest BCUT2D eigenvalue weighted by molar-refractivity contribution is 0.188. The molecule has 0 aliphatic carbocycles. The van der Waals surface area contributed by atoms with Crippen LogP contribution in [0, 0.1) is 0 Å². The molecule has 6 aromatic rings. The number of hydrogen-bond donors (Lipinski definition) is 2. The van der Waals surface area contributed by atoms with Crippen molar-refractivity contribution in [2.75, 3.05) is 78.5 Å². The fraction of sp³-hybridized carbons (Fsp3) is 0.418. The molecule has 508 valence electrons. The summed E-state index contributed by atoms with van der Waals surface area (Å²) in [4.78, 5) is 49.3. The van der Waals surface area contributed by atoms with E-state index in [9.17, 15) is 48.1 Å². The number of hydrogen-bond acceptors (Lipinski definition) is 12. The molecule has 3 heterocycles. The van der Waals surface area contributed by atoms with Crippen LogP contribution in [0.1, 0.15) is 112 Å². The summed E-state index contributed by atoms with van der Waals surface area (Å²) < 4.78 is 91.9. The lowest BCUT2D eigenvalue weighted by Gasteiger charge is -2.22. The van der Waals surface area contributed by atoms with Crippen LogP contribution in [0.15, 0.2) is 146 Å². The first-order valence-electron chi connectivity index (χ1n) is 30.0. The van der Waals surface area contributed by atoms with Gasteiger partial charge < -0.3 is 35.1 Å². The summed E-state index contributed by atoms with van der Waals surface area (Å²) in [5, 5.41) is 0. The molecule has 3 fully saturated rings. The van der Waals surface area contributed by atoms with E-state index in [0.29, 0.717) is 74.8 Å². The normalized spacial score (nSPS) is 14.8. The van der Waals surface area contributed by atoms with Crippen LogP contribution >= 0.6 is 10.7 Å². The summed E-state index contributed by atoms with van der Waals surface area (Å²) in [6, 6.07) is 46.5. The number of nitrogen functional groups attached to an aromatic ring is 1. The molecule has 0 bridgehead atoms. The molecule has 3 N–H and O–H groups in total. The molecule has 0 spiro atoms. The minimum atomic E-state index is -3.99. The number of nitrogens with one attached hydrogen (secondary N) is 1. The Bertz CT molecular complexity index is 3920. The van der Waals surface area contributed by atoms with Crippen LogP contribution in [0.5, 0.6) is 0 Å². The Labute approximate surface area is 555 Å². The van der Waals surface area contributed by atoms with Crippen molar-refractivity contribution in [1.29, 1.82) is 0 Å². The number of rotatable bonds is 17. The van der Waals surface area contributed by atoms with Crippen molar-refractivity contribution in [3.63, 3.8) is 0 Å². The summed E-state index contributed by atoms with van der Waals surface area (Å²) in [6.07, 6.45) is 3.73. The highest BCUT2D eigenvalue weighted by molar-refractivity contribution is 8.13. The summed E-state index contributed by atoms with van der Waals surface area (Å²) >= 11 is 0. The summed E-state index contributed by atoms with van der Waals surface area (Å²) in [5.74, 6) is 0. The highest BCUT2D eigenvalue weighted by atomic mass is 35.7. The van der Waals surface area contributed by atoms with Crippen LogP contribution in [0.3, 0.4) is 0 Å². The number of urea groups is 3. The summed E-state index contributed by atoms with van der Waals surface area (Å²) in [6.45, 7) is 27.1. The third-order valence-electron chi connectivity index (χ3n) is 15.2. The highest BCUT2D eigenvalue weighted by Crippen LogP contribution is 2.28. The Hall–Kier alpha value is -7.45. The highest BCUT2D eigenvalue weighted by Gasteiger charge is 2.32. The number of benzene rings is 6. The Morgan fingerprint density at radius 1 is 0.387 bits per heavy atom. The van der Waals surface area contributed by atoms with Crippen molar-refractivity contribution in [1.82, 2.24) is 29.4 Å². The standard InChI is InChI=1S/C23H31N3O5S2.C22H29N3O3S.C21H27N3O.CH3ClO2S.FH/c1-23(2,3)20-10-6-18(7-11-20)16-24-14-15-25(22(24)27)17-19-8-12-21(13-9-19)26(32(4,28)29)33(5,30)31;1-22(2,3)19-9-5-17(6-10-19)15-24-13-14-25(21(24)26)16-18-7-11-20(12-8-18)23-29(4,27)28;1-21(2,3)18-8-4-16(5-9-18)14-23-12-13-24(20(23)25)15-17-6-10-19(22)11-7-17;1-5(2,3)4;/h6-13H,14-17H2,1-5H3;5-12,23H,13-16H2,1-4H3;4-11H,12-15,22H2,1-3H3;1H3;1H. The number of amides is 6. The molecule has 3 aliphatic heterocycles. The molecule has 3 aliphatic rings. The largest absolute Gasteiger partial charge is 0.399 e. The molecule has 0 atom stereocenters. The first kappa shape index (κ1) is 76.3. The number of sulfonamides is 3. The SMILES string of the molecule is CC(C)(C)c1ccc(CN2CCN(Cc3ccc(N(S(C)(=O)=O)S(C)(=O)=O)cc3)C2=O)cc1.CC(C)(C)c1ccc(CN2CCN(Cc3ccc(N)cc3)C2=O)cc1.CC(C)(C)c1ccc(CN2CCN(Cc3ccc(NS(C)(=O)=O)cc3)C2=O)cc1.CS(=O)(=O)Cl.F. The molecule has 6 aromatic carbocycles. The van der Waals surface area contributed by atoms with E-state index in [0.717, 1.165) is 71.6 Å². The minimum absolute atomic E-state index is 0. The van der Waals surface area contributed by atoms with Crippen LogP contribution in [-0.2, 0) is 94.6 Å². The van der Waals surface area contributed by atoms with Gasteiger partial charge in [0.05, 0.1) is 30.7 Å². The predicted molar refractivity (Wildman–Crippen MR) is 372 cm³/mol. The molecular formula is C67H91ClFN9O11S4. The van der Waals surface area contributed by atoms with Gasteiger partial charge in [0.25, 0.3) is 0 Å². The Morgan fingerprint density at radius 2 is 0.591 bits per heavy atom. The quantitative estimate of drug-likeness (QED) is 0.0639. The van der Waals surface area contributed by atoms with Gasteiger partial charge in [-0.2, -0.15) is 3.71 Å². The van der Waals surface area contributed by atoms with Crippen LogP contribution in [0.25, 0.3) is 0 Å². The number of nitrogens with zero attached hydrogens (tertiary/aromatic N) is 7. The number of anilines is 3. The van der Waals surface area contributed by atoms with E-state index >= 15 is 0 Å². The molecular weight excluding hydrogens is 1290 g/mol. The van der Waals surface area contributed by atoms with E-state index < -0.39 is 39.1 Å². The fourth-order valence-corrected chi connectivity index (χ4v) is 13.8. The smallest absolute Gasteiger partial charge is 0.320 e. The summed E-state index contributed by atoms with van der Waals surface area (Å²) in [7, 11) is -9.97. The second-order valence-electron chi connectivity index (χ2n) is 26.6. The van der Waals surface area contributed by atoms with Crippen LogP contribution in [0.2, 0.25) is 0 Å². The third kappa shape index (κ3) is 24.1. The van der Waals surface area contributed by atoms with Crippen molar-refractivity contribution in [3.8, 4) is 0 Å². The number of halogens is 2. The van der Waals surface area contributed by atoms with Gasteiger partial charge in [0.1, 0.15) is 0 Å². The first-order chi connectivity index (χ1) is 42.5. The lowest BCUT2D eigenvalue weighted by Crippen LogP contribution is -2.35. The van der Waals surface area contributed by atoms with E-state index in [-0.39, 0.29) is 44.7 Å². The molecule has 0 unspecified atom stereocenters. The second-order valence-corrected chi connectivity index (χ2v) is 35.3. The average molecular weight is 1380 g/mol. The van der Waals surface area contributed by atoms with Gasteiger partial charge in [0.15, 0.2) is 0 Å². The van der Waals surface area contributed by atoms with Crippen molar-refractivity contribution in [3.05, 3.63) is 196 Å². The van der Waals surface area contributed by atoms with Crippen molar-refractivity contribution in [2.24, 2.45) is 0 Å². The Kier molecular flexibility index (Phi) is 25.6. The third-order valence-corrected chi connectivity index (χ3v) is 19.1. The zero-order valence-corrected chi connectivity index (χ0v) is 59.5. The van der Waals surface area contributed by atoms with Crippen LogP contribution < -0.4 is 14.2 Å². The van der Waals surface area contributed by atoms with Crippen molar-refractivity contribution >= 4 is 85.0 Å². The molecule has 0 saturated carbocycles. The van der Waals surface area contributed by atoms with Gasteiger partial charge in [0.2, 0.25) is 39.1 Å². The molecule has 6 amide bonds. The molecule has 20 nitrogen and oxygen atoms in total. The second kappa shape index (κ2) is 31.2. The molecule has 3 saturated heterocycles. The van der Waals surface area contributed by atoms with Gasteiger partial charge in [-0.1, -0.05) is 172 Å². The average Bonchev–Trinajstić information content (AvgIpc) is 1.38. The van der Waals surface area contributed by atoms with E-state index in [1.807, 2.05) is 56.0 Å². The van der Waals surface area contributed by atoms with Crippen LogP contribution in [0.4, 0.5) is 36.2 Å². The van der Waals surface area contributed by atoms with Gasteiger partial charge in [0, 0.05) is 101 Å². The van der Waals surface area contributed by atoms with E-state index in [1.54, 1.807) is 34.1 Å². The topological polar surface area (TPSA) is 248 Å². The summed E-state index contributed by atoms with van der Waals surface area (Å²) in [5.41, 5.74) is 17.4. The Balaban J connectivity index is 0.000000244. The maximum Gasteiger partial charge on any atom is 0.320 e. The Morgan fingerprint density at radius 3 is 0.796 bits per heavy atom. The van der Waals surface area contributed by atoms with Gasteiger partial charge in [-0.25, -0.2) is 48.1 Å². The molecule has 26 heteroatoms. The van der Waals surface area contributed by atoms with Gasteiger partial charge in [-0.3, -0.25) is 9.43 Å². The molecule has 0 radical (unpaired) electrons. The van der Waals surface area contributed by atoms with E-state index in [1.165, 1.54) is 34.4 Å². The monoisotopic (exact) mass is 1380 g/mol. The van der Waals surface area contributed by atoms with Gasteiger partial charge in [-0.15, -0.1) is 0 Å². The zero-order valence-electron chi connectivity index (χ0n) is 55.5. The molecule has 0 aromatic heterocycles. The van der Waals surface area contributed by atoms with Gasteiger partial charge in [-0.05, 0) is 103 Å². The lowest BCUT2D eigenvalue weighted by atomic mass is 9.87. The van der Waals surface area contributed by atoms with E-state index in [2.05, 4.69) is 151 Å². The zero-order chi connectivity index (χ0) is 68.4. The minimum Gasteiger partial charge on any atom is -0.399 e. The predicted octanol–water partition coefficient (Wildman–Crippen LogP) is 11.3. The number of carbonyl (C=O) groups excluding carboxylic acids is 3. The molecule has 93 heavy (non-hydrogen) atoms. The van der Waals surface area contributed by atoms with Crippen molar-refractivity contribution in [2.45, 2.75) is 118 Å². The maximum atomic E-state index is 12.9. The molecule has 9 rings (SSSR count). The number of carbonyl (C=O) groups is 3. The fourth-order valence-electron chi connectivity index (χ4n) is 10.3. The van der Waals surface area contributed by atoms with Crippen molar-refractivity contribution < 1.29 is 52.8 Å². The van der Waals surface area contributed by atoms with Gasteiger partial charge >= 0.3 is 18.1 Å². The number of nitrogens with two attached hydrogens (primary N) is 1. The van der Waals surface area contributed by atoms with Crippen LogP contribution in [-0.4, -0.2) is 145 Å². The first-order valence-corrected chi connectivity index (χ1v) is 38.3. The maximum absolute atomic E-state index is 12.9. The van der Waals surface area contributed by atoms with E-state index in [4.69, 9.17) is 5.73 Å².